The minimum absolute atomic E-state index is 0.120. The number of hydrogen-bond acceptors (Lipinski definition) is 8. The molecule has 0 fully saturated rings. The van der Waals surface area contributed by atoms with Crippen molar-refractivity contribution in [3.8, 4) is 11.8 Å². The van der Waals surface area contributed by atoms with Crippen molar-refractivity contribution in [2.45, 2.75) is 20.3 Å². The zero-order valence-electron chi connectivity index (χ0n) is 16.9. The monoisotopic (exact) mass is 411 g/mol. The maximum atomic E-state index is 13.5. The smallest absolute Gasteiger partial charge is 0.255 e. The number of nitrogen functional groups attached to an aromatic ring is 2. The van der Waals surface area contributed by atoms with Crippen molar-refractivity contribution < 1.29 is 13.9 Å². The van der Waals surface area contributed by atoms with Crippen LogP contribution in [0.5, 0.6) is 5.75 Å². The van der Waals surface area contributed by atoms with Gasteiger partial charge in [-0.1, -0.05) is 6.92 Å². The van der Waals surface area contributed by atoms with Gasteiger partial charge in [-0.15, -0.1) is 0 Å². The molecule has 1 aromatic carbocycles. The van der Waals surface area contributed by atoms with Crippen LogP contribution >= 0.6 is 0 Å². The Morgan fingerprint density at radius 1 is 1.27 bits per heavy atom. The number of carbonyl (C=O) groups excluding carboxylic acids is 1. The third kappa shape index (κ3) is 4.70. The first-order chi connectivity index (χ1) is 14.4. The lowest BCUT2D eigenvalue weighted by molar-refractivity contribution is 0.0960. The molecule has 30 heavy (non-hydrogen) atoms. The highest BCUT2D eigenvalue weighted by Gasteiger charge is 2.21. The van der Waals surface area contributed by atoms with E-state index in [-0.39, 0.29) is 23.1 Å². The molecular formula is C20H22FN7O2. The highest BCUT2D eigenvalue weighted by molar-refractivity contribution is 6.08. The largest absolute Gasteiger partial charge is 0.491 e. The number of nitrogens with two attached hydrogens (primary N) is 2. The summed E-state index contributed by atoms with van der Waals surface area (Å²) in [4.78, 5) is 23.8. The molecule has 9 nitrogen and oxygen atoms in total. The maximum absolute atomic E-state index is 13.5. The average Bonchev–Trinajstić information content (AvgIpc) is 2.73. The van der Waals surface area contributed by atoms with Crippen molar-refractivity contribution >= 4 is 28.4 Å². The quantitative estimate of drug-likeness (QED) is 0.590. The molecular weight excluding hydrogens is 389 g/mol. The van der Waals surface area contributed by atoms with E-state index in [0.29, 0.717) is 40.9 Å². The number of fused-ring (bicyclic) bond motifs is 1. The number of rotatable bonds is 4. The number of anilines is 2. The van der Waals surface area contributed by atoms with Gasteiger partial charge in [0.05, 0.1) is 23.4 Å². The van der Waals surface area contributed by atoms with Gasteiger partial charge in [0, 0.05) is 12.4 Å². The molecule has 5 N–H and O–H groups in total. The van der Waals surface area contributed by atoms with Crippen molar-refractivity contribution in [1.29, 1.82) is 5.26 Å². The number of hydrogen-bond donors (Lipinski definition) is 3. The van der Waals surface area contributed by atoms with Gasteiger partial charge in [-0.3, -0.25) is 4.79 Å². The first-order valence-electron chi connectivity index (χ1n) is 9.10. The fraction of sp³-hybridized carbons (Fsp3) is 0.250. The van der Waals surface area contributed by atoms with E-state index in [2.05, 4.69) is 20.3 Å². The van der Waals surface area contributed by atoms with E-state index in [1.807, 2.05) is 13.8 Å². The molecule has 10 heteroatoms. The first-order valence-corrected chi connectivity index (χ1v) is 9.10. The zero-order chi connectivity index (χ0) is 22.3. The van der Waals surface area contributed by atoms with Gasteiger partial charge in [0.25, 0.3) is 5.91 Å². The number of nitrogens with zero attached hydrogens (tertiary/aromatic N) is 4. The molecule has 0 aliphatic rings. The number of aryl methyl sites for hydroxylation is 1. The second kappa shape index (κ2) is 9.97. The number of halogens is 1. The van der Waals surface area contributed by atoms with Crippen molar-refractivity contribution in [2.75, 3.05) is 25.1 Å². The zero-order valence-corrected chi connectivity index (χ0v) is 16.9. The predicted octanol–water partition coefficient (Wildman–Crippen LogP) is 2.21. The van der Waals surface area contributed by atoms with E-state index in [1.165, 1.54) is 25.5 Å². The van der Waals surface area contributed by atoms with Crippen LogP contribution in [0.2, 0.25) is 0 Å². The fourth-order valence-electron chi connectivity index (χ4n) is 2.69. The number of benzene rings is 1. The summed E-state index contributed by atoms with van der Waals surface area (Å²) in [6.45, 7) is 4.19. The second-order valence-corrected chi connectivity index (χ2v) is 5.92. The van der Waals surface area contributed by atoms with Crippen LogP contribution in [0.1, 0.15) is 35.5 Å². The summed E-state index contributed by atoms with van der Waals surface area (Å²) >= 11 is 0. The third-order valence-electron chi connectivity index (χ3n) is 4.07. The van der Waals surface area contributed by atoms with Gasteiger partial charge >= 0.3 is 0 Å². The Morgan fingerprint density at radius 2 is 1.93 bits per heavy atom. The van der Waals surface area contributed by atoms with Gasteiger partial charge in [-0.2, -0.15) is 5.26 Å². The Kier molecular flexibility index (Phi) is 7.41. The molecule has 0 unspecified atom stereocenters. The molecule has 0 aliphatic carbocycles. The molecule has 3 rings (SSSR count). The van der Waals surface area contributed by atoms with Crippen LogP contribution in [-0.4, -0.2) is 34.5 Å². The number of aromatic nitrogens is 3. The summed E-state index contributed by atoms with van der Waals surface area (Å²) in [6, 6.07) is 6.01. The molecule has 0 saturated heterocycles. The second-order valence-electron chi connectivity index (χ2n) is 5.92. The topological polar surface area (TPSA) is 153 Å². The van der Waals surface area contributed by atoms with Crippen LogP contribution in [0.3, 0.4) is 0 Å². The van der Waals surface area contributed by atoms with Crippen LogP contribution < -0.4 is 21.5 Å². The molecule has 0 spiro atoms. The molecule has 1 amide bonds. The van der Waals surface area contributed by atoms with Gasteiger partial charge in [-0.25, -0.2) is 19.3 Å². The number of nitriles is 1. The Bertz CT molecular complexity index is 1090. The predicted molar refractivity (Wildman–Crippen MR) is 111 cm³/mol. The van der Waals surface area contributed by atoms with Crippen molar-refractivity contribution in [3.05, 3.63) is 47.2 Å². The summed E-state index contributed by atoms with van der Waals surface area (Å²) in [5, 5.41) is 11.4. The summed E-state index contributed by atoms with van der Waals surface area (Å²) in [5.41, 5.74) is 12.3. The highest BCUT2D eigenvalue weighted by atomic mass is 19.1. The summed E-state index contributed by atoms with van der Waals surface area (Å²) in [5.74, 6) is -0.0326. The van der Waals surface area contributed by atoms with Crippen LogP contribution in [0.15, 0.2) is 24.5 Å². The average molecular weight is 411 g/mol. The standard InChI is InChI=1S/C15H17FN2O2.C5H5N5/c1-4-11-14(20-5-2)13(15(19)17-3)10-8-9(16)6-7-12(10)18-11;6-1-3-4(7)9-2-10-5(3)8/h6-8H,4-5H2,1-3H3,(H,17,19);2H,(H4,7,8,9,10). The molecule has 2 aromatic heterocycles. The van der Waals surface area contributed by atoms with Gasteiger partial charge in [0.15, 0.2) is 5.75 Å². The lowest BCUT2D eigenvalue weighted by atomic mass is 10.0. The van der Waals surface area contributed by atoms with E-state index >= 15 is 0 Å². The molecule has 2 heterocycles. The molecule has 0 aliphatic heterocycles. The molecule has 0 saturated carbocycles. The Hall–Kier alpha value is -4.00. The number of ether oxygens (including phenoxy) is 1. The minimum Gasteiger partial charge on any atom is -0.491 e. The van der Waals surface area contributed by atoms with Crippen LogP contribution in [0, 0.1) is 17.1 Å². The summed E-state index contributed by atoms with van der Waals surface area (Å²) in [6.07, 6.45) is 1.85. The summed E-state index contributed by atoms with van der Waals surface area (Å²) < 4.78 is 19.1. The molecule has 156 valence electrons. The van der Waals surface area contributed by atoms with Crippen LogP contribution in [0.25, 0.3) is 10.9 Å². The first kappa shape index (κ1) is 22.3. The lowest BCUT2D eigenvalue weighted by Crippen LogP contribution is -2.20. The van der Waals surface area contributed by atoms with Crippen molar-refractivity contribution in [1.82, 2.24) is 20.3 Å². The van der Waals surface area contributed by atoms with Gasteiger partial charge in [0.1, 0.15) is 35.4 Å². The number of carbonyl (C=O) groups is 1. The SMILES string of the molecule is CCOc1c(CC)nc2ccc(F)cc2c1C(=O)NC.N#Cc1c(N)ncnc1N. The number of amides is 1. The lowest BCUT2D eigenvalue weighted by Gasteiger charge is -2.15. The maximum Gasteiger partial charge on any atom is 0.255 e. The van der Waals surface area contributed by atoms with Crippen molar-refractivity contribution in [2.24, 2.45) is 0 Å². The minimum atomic E-state index is -0.406. The van der Waals surface area contributed by atoms with E-state index in [1.54, 1.807) is 12.1 Å². The van der Waals surface area contributed by atoms with Gasteiger partial charge in [0.2, 0.25) is 0 Å². The summed E-state index contributed by atoms with van der Waals surface area (Å²) in [7, 11) is 1.54. The fourth-order valence-corrected chi connectivity index (χ4v) is 2.69. The van der Waals surface area contributed by atoms with E-state index in [9.17, 15) is 9.18 Å². The number of nitrogens with one attached hydrogen (secondary N) is 1. The Balaban J connectivity index is 0.000000269. The van der Waals surface area contributed by atoms with E-state index in [0.717, 1.165) is 0 Å². The molecule has 0 atom stereocenters. The third-order valence-corrected chi connectivity index (χ3v) is 4.07. The molecule has 3 aromatic rings. The normalized spacial score (nSPS) is 9.97. The van der Waals surface area contributed by atoms with Crippen molar-refractivity contribution in [3.63, 3.8) is 0 Å². The van der Waals surface area contributed by atoms with Crippen LogP contribution in [-0.2, 0) is 6.42 Å². The van der Waals surface area contributed by atoms with Crippen LogP contribution in [0.4, 0.5) is 16.0 Å². The highest BCUT2D eigenvalue weighted by Crippen LogP contribution is 2.31. The van der Waals surface area contributed by atoms with E-state index in [4.69, 9.17) is 21.5 Å². The Morgan fingerprint density at radius 3 is 2.43 bits per heavy atom. The van der Waals surface area contributed by atoms with E-state index < -0.39 is 5.82 Å². The van der Waals surface area contributed by atoms with Gasteiger partial charge in [-0.05, 0) is 31.5 Å². The number of pyridine rings is 1. The molecule has 0 radical (unpaired) electrons. The molecule has 0 bridgehead atoms. The Labute approximate surface area is 172 Å². The van der Waals surface area contributed by atoms with Gasteiger partial charge < -0.3 is 21.5 Å².